The van der Waals surface area contributed by atoms with Crippen molar-refractivity contribution in [2.24, 2.45) is 11.5 Å². The maximum absolute atomic E-state index is 10.4. The van der Waals surface area contributed by atoms with Crippen molar-refractivity contribution < 1.29 is 4.79 Å². The summed E-state index contributed by atoms with van der Waals surface area (Å²) in [6.45, 7) is 0.833. The molecule has 0 aliphatic carbocycles. The Bertz CT molecular complexity index is 396. The van der Waals surface area contributed by atoms with E-state index in [1.165, 1.54) is 12.4 Å². The lowest BCUT2D eigenvalue weighted by molar-refractivity contribution is 0.249. The fourth-order valence-corrected chi connectivity index (χ4v) is 1.16. The average Bonchev–Trinajstić information content (AvgIpc) is 2.24. The summed E-state index contributed by atoms with van der Waals surface area (Å²) in [5, 5.41) is 5.37. The number of hydrogen-bond acceptors (Lipinski definition) is 5. The first-order chi connectivity index (χ1) is 7.61. The van der Waals surface area contributed by atoms with Crippen molar-refractivity contribution in [2.45, 2.75) is 0 Å². The summed E-state index contributed by atoms with van der Waals surface area (Å²) < 4.78 is 0. The predicted molar refractivity (Wildman–Crippen MR) is 64.0 cm³/mol. The monoisotopic (exact) mass is 240 g/mol. The molecule has 0 aromatic carbocycles. The minimum absolute atomic E-state index is 0.165. The molecule has 1 heterocycles. The van der Waals surface area contributed by atoms with E-state index in [2.05, 4.69) is 20.6 Å². The van der Waals surface area contributed by atoms with Gasteiger partial charge in [0.05, 0.1) is 0 Å². The Morgan fingerprint density at radius 1 is 1.31 bits per heavy atom. The van der Waals surface area contributed by atoms with Crippen molar-refractivity contribution in [2.75, 3.05) is 18.4 Å². The molecule has 0 unspecified atom stereocenters. The van der Waals surface area contributed by atoms with Crippen LogP contribution in [0, 0.1) is 0 Å². The smallest absolute Gasteiger partial charge is 0.312 e. The molecule has 0 atom stereocenters. The normalized spacial score (nSPS) is 9.50. The van der Waals surface area contributed by atoms with Gasteiger partial charge in [-0.3, -0.25) is 0 Å². The molecule has 6 N–H and O–H groups in total. The zero-order valence-corrected chi connectivity index (χ0v) is 9.25. The van der Waals surface area contributed by atoms with Crippen LogP contribution in [0.15, 0.2) is 12.4 Å². The van der Waals surface area contributed by atoms with Crippen molar-refractivity contribution in [1.82, 2.24) is 15.3 Å². The number of urea groups is 1. The lowest BCUT2D eigenvalue weighted by atomic mass is 10.4. The van der Waals surface area contributed by atoms with Gasteiger partial charge >= 0.3 is 6.03 Å². The zero-order valence-electron chi connectivity index (χ0n) is 8.43. The summed E-state index contributed by atoms with van der Waals surface area (Å²) in [5.74, 6) is 0.487. The molecule has 1 aromatic heterocycles. The van der Waals surface area contributed by atoms with E-state index in [0.717, 1.165) is 0 Å². The predicted octanol–water partition coefficient (Wildman–Crippen LogP) is -0.809. The van der Waals surface area contributed by atoms with Gasteiger partial charge in [-0.2, -0.15) is 0 Å². The van der Waals surface area contributed by atoms with E-state index >= 15 is 0 Å². The fourth-order valence-electron chi connectivity index (χ4n) is 1.01. The van der Waals surface area contributed by atoms with Crippen LogP contribution in [0.1, 0.15) is 5.69 Å². The highest BCUT2D eigenvalue weighted by molar-refractivity contribution is 7.80. The Balaban J connectivity index is 2.53. The van der Waals surface area contributed by atoms with Crippen LogP contribution in [-0.2, 0) is 0 Å². The molecule has 0 bridgehead atoms. The highest BCUT2D eigenvalue weighted by Crippen LogP contribution is 2.06. The Hall–Kier alpha value is -1.96. The molecule has 8 heteroatoms. The Labute approximate surface area is 97.6 Å². The first kappa shape index (κ1) is 12.1. The van der Waals surface area contributed by atoms with E-state index in [4.69, 9.17) is 23.7 Å². The molecule has 1 aromatic rings. The second kappa shape index (κ2) is 5.81. The van der Waals surface area contributed by atoms with Gasteiger partial charge in [-0.1, -0.05) is 12.2 Å². The highest BCUT2D eigenvalue weighted by Gasteiger charge is 2.06. The number of carbonyl (C=O) groups is 1. The molecule has 0 aliphatic heterocycles. The number of anilines is 1. The Morgan fingerprint density at radius 2 is 2.00 bits per heavy atom. The van der Waals surface area contributed by atoms with Gasteiger partial charge in [-0.05, 0) is 0 Å². The number of thiocarbonyl (C=S) groups is 1. The van der Waals surface area contributed by atoms with Crippen molar-refractivity contribution in [3.63, 3.8) is 0 Å². The van der Waals surface area contributed by atoms with Crippen LogP contribution in [0.5, 0.6) is 0 Å². The minimum atomic E-state index is -0.574. The van der Waals surface area contributed by atoms with E-state index < -0.39 is 6.03 Å². The molecule has 0 spiro atoms. The van der Waals surface area contributed by atoms with Crippen LogP contribution in [-0.4, -0.2) is 34.1 Å². The number of nitrogens with two attached hydrogens (primary N) is 2. The summed E-state index contributed by atoms with van der Waals surface area (Å²) in [5.41, 5.74) is 10.8. The number of carbonyl (C=O) groups excluding carboxylic acids is 1. The molecule has 16 heavy (non-hydrogen) atoms. The van der Waals surface area contributed by atoms with Gasteiger partial charge in [0.15, 0.2) is 5.82 Å². The molecule has 2 amide bonds. The molecule has 0 fully saturated rings. The maximum atomic E-state index is 10.4. The van der Waals surface area contributed by atoms with Gasteiger partial charge < -0.3 is 22.1 Å². The summed E-state index contributed by atoms with van der Waals surface area (Å²) in [6.07, 6.45) is 3.02. The van der Waals surface area contributed by atoms with Crippen LogP contribution in [0.3, 0.4) is 0 Å². The van der Waals surface area contributed by atoms with Crippen molar-refractivity contribution in [1.29, 1.82) is 0 Å². The standard InChI is InChI=1S/C8H12N6OS/c9-6(16)5-7(12-2-1-11-5)13-3-4-14-8(10)15/h1-2H,3-4H2,(H2,9,16)(H,12,13)(H3,10,14,15). The second-order valence-corrected chi connectivity index (χ2v) is 3.28. The topological polar surface area (TPSA) is 119 Å². The molecule has 86 valence electrons. The number of hydrogen-bond donors (Lipinski definition) is 4. The Kier molecular flexibility index (Phi) is 4.40. The number of nitrogens with zero attached hydrogens (tertiary/aromatic N) is 2. The number of primary amides is 1. The van der Waals surface area contributed by atoms with E-state index in [-0.39, 0.29) is 4.99 Å². The molecular formula is C8H12N6OS. The largest absolute Gasteiger partial charge is 0.388 e. The van der Waals surface area contributed by atoms with Crippen LogP contribution >= 0.6 is 12.2 Å². The van der Waals surface area contributed by atoms with Crippen LogP contribution in [0.2, 0.25) is 0 Å². The summed E-state index contributed by atoms with van der Waals surface area (Å²) in [4.78, 5) is 18.6. The summed E-state index contributed by atoms with van der Waals surface area (Å²) in [6, 6.07) is -0.574. The van der Waals surface area contributed by atoms with Crippen LogP contribution in [0.25, 0.3) is 0 Å². The molecule has 0 saturated heterocycles. The average molecular weight is 240 g/mol. The zero-order chi connectivity index (χ0) is 12.0. The number of amides is 2. The third-order valence-electron chi connectivity index (χ3n) is 1.65. The Morgan fingerprint density at radius 3 is 2.62 bits per heavy atom. The molecule has 1 rings (SSSR count). The second-order valence-electron chi connectivity index (χ2n) is 2.84. The van der Waals surface area contributed by atoms with Gasteiger partial charge in [0.1, 0.15) is 10.7 Å². The third-order valence-corrected chi connectivity index (χ3v) is 1.84. The number of nitrogens with one attached hydrogen (secondary N) is 2. The van der Waals surface area contributed by atoms with Gasteiger partial charge in [0, 0.05) is 25.5 Å². The van der Waals surface area contributed by atoms with Crippen molar-refractivity contribution in [3.05, 3.63) is 18.1 Å². The first-order valence-corrected chi connectivity index (χ1v) is 4.90. The molecule has 0 radical (unpaired) electrons. The highest BCUT2D eigenvalue weighted by atomic mass is 32.1. The van der Waals surface area contributed by atoms with Gasteiger partial charge in [0.2, 0.25) is 0 Å². The SMILES string of the molecule is NC(=O)NCCNc1nccnc1C(N)=S. The quantitative estimate of drug-likeness (QED) is 0.395. The van der Waals surface area contributed by atoms with Crippen molar-refractivity contribution >= 4 is 29.1 Å². The maximum Gasteiger partial charge on any atom is 0.312 e. The van der Waals surface area contributed by atoms with E-state index in [1.807, 2.05) is 0 Å². The molecule has 0 aliphatic rings. The van der Waals surface area contributed by atoms with Crippen LogP contribution < -0.4 is 22.1 Å². The third kappa shape index (κ3) is 3.65. The van der Waals surface area contributed by atoms with E-state index in [9.17, 15) is 4.79 Å². The fraction of sp³-hybridized carbons (Fsp3) is 0.250. The van der Waals surface area contributed by atoms with E-state index in [0.29, 0.717) is 24.6 Å². The van der Waals surface area contributed by atoms with Gasteiger partial charge in [-0.25, -0.2) is 14.8 Å². The van der Waals surface area contributed by atoms with Gasteiger partial charge in [-0.15, -0.1) is 0 Å². The molecule has 0 saturated carbocycles. The number of rotatable bonds is 5. The first-order valence-electron chi connectivity index (χ1n) is 4.49. The number of aromatic nitrogens is 2. The lowest BCUT2D eigenvalue weighted by Crippen LogP contribution is -2.33. The van der Waals surface area contributed by atoms with Gasteiger partial charge in [0.25, 0.3) is 0 Å². The molecular weight excluding hydrogens is 228 g/mol. The summed E-state index contributed by atoms with van der Waals surface area (Å²) in [7, 11) is 0. The van der Waals surface area contributed by atoms with E-state index in [1.54, 1.807) is 0 Å². The van der Waals surface area contributed by atoms with Crippen molar-refractivity contribution in [3.8, 4) is 0 Å². The molecule has 7 nitrogen and oxygen atoms in total. The van der Waals surface area contributed by atoms with Crippen LogP contribution in [0.4, 0.5) is 10.6 Å². The lowest BCUT2D eigenvalue weighted by Gasteiger charge is -2.08. The summed E-state index contributed by atoms with van der Waals surface area (Å²) >= 11 is 4.82. The minimum Gasteiger partial charge on any atom is -0.388 e.